The number of hydrogen-bond acceptors (Lipinski definition) is 4. The molecule has 9 heteroatoms. The number of H-pyrrole nitrogens is 1. The van der Waals surface area contributed by atoms with Gasteiger partial charge in [-0.15, -0.1) is 0 Å². The number of aromatic nitrogens is 4. The van der Waals surface area contributed by atoms with Crippen LogP contribution < -0.4 is 10.2 Å². The minimum absolute atomic E-state index is 0.0662. The van der Waals surface area contributed by atoms with Gasteiger partial charge in [-0.3, -0.25) is 9.89 Å². The first kappa shape index (κ1) is 18.9. The Morgan fingerprint density at radius 3 is 2.63 bits per heavy atom. The van der Waals surface area contributed by atoms with Gasteiger partial charge in [0.25, 0.3) is 0 Å². The molecule has 3 aromatic heterocycles. The fourth-order valence-corrected chi connectivity index (χ4v) is 3.79. The van der Waals surface area contributed by atoms with Crippen molar-refractivity contribution < 1.29 is 9.18 Å². The summed E-state index contributed by atoms with van der Waals surface area (Å²) in [7, 11) is 0. The van der Waals surface area contributed by atoms with Crippen molar-refractivity contribution in [3.05, 3.63) is 41.6 Å². The predicted molar refractivity (Wildman–Crippen MR) is 116 cm³/mol. The summed E-state index contributed by atoms with van der Waals surface area (Å²) >= 11 is 6.47. The Kier molecular flexibility index (Phi) is 4.78. The van der Waals surface area contributed by atoms with E-state index in [1.807, 2.05) is 11.0 Å². The van der Waals surface area contributed by atoms with Crippen LogP contribution in [0.1, 0.15) is 25.7 Å². The summed E-state index contributed by atoms with van der Waals surface area (Å²) in [6.45, 7) is 1.60. The zero-order chi connectivity index (χ0) is 20.7. The lowest BCUT2D eigenvalue weighted by Crippen LogP contribution is -2.37. The van der Waals surface area contributed by atoms with E-state index in [0.717, 1.165) is 30.5 Å². The van der Waals surface area contributed by atoms with Gasteiger partial charge < -0.3 is 14.6 Å². The number of aromatic amines is 1. The van der Waals surface area contributed by atoms with Gasteiger partial charge >= 0.3 is 0 Å². The maximum absolute atomic E-state index is 15.2. The van der Waals surface area contributed by atoms with Crippen molar-refractivity contribution in [2.24, 2.45) is 0 Å². The molecule has 2 aliphatic rings. The van der Waals surface area contributed by atoms with Crippen molar-refractivity contribution in [1.29, 1.82) is 0 Å². The molecule has 1 saturated carbocycles. The summed E-state index contributed by atoms with van der Waals surface area (Å²) in [5, 5.41) is 10.4. The highest BCUT2D eigenvalue weighted by molar-refractivity contribution is 6.36. The summed E-state index contributed by atoms with van der Waals surface area (Å²) in [4.78, 5) is 16.9. The normalized spacial score (nSPS) is 14.9. The first-order valence-corrected chi connectivity index (χ1v) is 10.3. The van der Waals surface area contributed by atoms with Gasteiger partial charge in [0, 0.05) is 35.8 Å². The average molecular weight is 427 g/mol. The second kappa shape index (κ2) is 7.60. The van der Waals surface area contributed by atoms with Crippen molar-refractivity contribution in [3.63, 3.8) is 0 Å². The second-order valence-electron chi connectivity index (χ2n) is 7.48. The third-order valence-electron chi connectivity index (χ3n) is 5.24. The van der Waals surface area contributed by atoms with Crippen LogP contribution in [0, 0.1) is 5.82 Å². The number of carbonyl (C=O) groups is 1. The molecule has 0 bridgehead atoms. The predicted octanol–water partition coefficient (Wildman–Crippen LogP) is 4.62. The van der Waals surface area contributed by atoms with Crippen LogP contribution >= 0.6 is 11.6 Å². The van der Waals surface area contributed by atoms with Crippen LogP contribution in [0.4, 0.5) is 15.9 Å². The van der Waals surface area contributed by atoms with E-state index in [9.17, 15) is 4.79 Å². The van der Waals surface area contributed by atoms with Crippen LogP contribution in [-0.2, 0) is 4.79 Å². The number of carbonyl (C=O) groups excluding carboxylic acids is 1. The van der Waals surface area contributed by atoms with Gasteiger partial charge in [0.1, 0.15) is 11.3 Å². The van der Waals surface area contributed by atoms with Gasteiger partial charge in [0.15, 0.2) is 11.6 Å². The van der Waals surface area contributed by atoms with Crippen LogP contribution in [0.3, 0.4) is 0 Å². The Morgan fingerprint density at radius 2 is 1.97 bits per heavy atom. The van der Waals surface area contributed by atoms with Gasteiger partial charge in [-0.1, -0.05) is 30.9 Å². The summed E-state index contributed by atoms with van der Waals surface area (Å²) in [6.07, 6.45) is 11.2. The number of nitrogens with zero attached hydrogens (tertiary/aromatic N) is 4. The van der Waals surface area contributed by atoms with Crippen molar-refractivity contribution in [2.45, 2.75) is 25.7 Å². The van der Waals surface area contributed by atoms with E-state index in [-0.39, 0.29) is 5.02 Å². The summed E-state index contributed by atoms with van der Waals surface area (Å²) in [6, 6.07) is 3.61. The number of rotatable bonds is 4. The fraction of sp³-hybridized carbons (Fsp3) is 0.286. The van der Waals surface area contributed by atoms with E-state index in [4.69, 9.17) is 11.6 Å². The lowest BCUT2D eigenvalue weighted by molar-refractivity contribution is -0.105. The first-order chi connectivity index (χ1) is 14.7. The maximum atomic E-state index is 15.2. The highest BCUT2D eigenvalue weighted by Gasteiger charge is 2.27. The quantitative estimate of drug-likeness (QED) is 0.467. The first-order valence-electron chi connectivity index (χ1n) is 9.95. The van der Waals surface area contributed by atoms with Crippen molar-refractivity contribution in [3.8, 4) is 11.1 Å². The number of pyridine rings is 1. The number of hydrogen-bond donors (Lipinski definition) is 2. The third kappa shape index (κ3) is 3.27. The number of amides is 1. The molecule has 1 aliphatic carbocycles. The van der Waals surface area contributed by atoms with Crippen LogP contribution in [0.25, 0.3) is 27.7 Å². The lowest BCUT2D eigenvalue weighted by Gasteiger charge is -2.34. The molecule has 0 spiro atoms. The van der Waals surface area contributed by atoms with Crippen molar-refractivity contribution in [1.82, 2.24) is 19.6 Å². The number of imidazole rings is 1. The third-order valence-corrected chi connectivity index (χ3v) is 5.59. The molecular formula is C21H20ClFN6O. The van der Waals surface area contributed by atoms with Crippen molar-refractivity contribution >= 4 is 46.1 Å². The molecule has 1 aromatic carbocycles. The summed E-state index contributed by atoms with van der Waals surface area (Å²) in [5.41, 5.74) is 3.07. The minimum atomic E-state index is -0.447. The molecule has 1 aliphatic heterocycles. The van der Waals surface area contributed by atoms with Gasteiger partial charge in [0.2, 0.25) is 6.41 Å². The smallest absolute Gasteiger partial charge is 0.212 e. The molecule has 2 fully saturated rings. The van der Waals surface area contributed by atoms with E-state index in [0.29, 0.717) is 34.6 Å². The molecule has 2 N–H and O–H groups in total. The van der Waals surface area contributed by atoms with Gasteiger partial charge in [-0.05, 0) is 18.6 Å². The van der Waals surface area contributed by atoms with E-state index in [2.05, 4.69) is 20.5 Å². The molecule has 0 radical (unpaired) electrons. The molecule has 6 rings (SSSR count). The van der Waals surface area contributed by atoms with Crippen LogP contribution in [0.15, 0.2) is 30.7 Å². The SMILES string of the molecule is C1CC1.O=CNc1cn2cc(-c3c(Cl)c(F)c(N4CCC4)c4[nH]ncc34)ccc2n1. The van der Waals surface area contributed by atoms with E-state index in [1.54, 1.807) is 29.1 Å². The second-order valence-corrected chi connectivity index (χ2v) is 7.86. The minimum Gasteiger partial charge on any atom is -0.367 e. The topological polar surface area (TPSA) is 78.3 Å². The van der Waals surface area contributed by atoms with Crippen LogP contribution in [0.2, 0.25) is 5.02 Å². The zero-order valence-corrected chi connectivity index (χ0v) is 16.9. The molecule has 0 atom stereocenters. The Morgan fingerprint density at radius 1 is 1.17 bits per heavy atom. The summed E-state index contributed by atoms with van der Waals surface area (Å²) in [5.74, 6) is -0.0156. The highest BCUT2D eigenvalue weighted by Crippen LogP contribution is 2.43. The lowest BCUT2D eigenvalue weighted by atomic mass is 10.0. The maximum Gasteiger partial charge on any atom is 0.212 e. The van der Waals surface area contributed by atoms with E-state index in [1.165, 1.54) is 19.3 Å². The number of halogens is 2. The van der Waals surface area contributed by atoms with Crippen LogP contribution in [-0.4, -0.2) is 39.1 Å². The van der Waals surface area contributed by atoms with E-state index >= 15 is 4.39 Å². The Bertz CT molecular complexity index is 1240. The number of nitrogens with one attached hydrogen (secondary N) is 2. The molecule has 30 heavy (non-hydrogen) atoms. The largest absolute Gasteiger partial charge is 0.367 e. The Balaban J connectivity index is 0.000000592. The highest BCUT2D eigenvalue weighted by atomic mass is 35.5. The molecule has 154 valence electrons. The molecular weight excluding hydrogens is 407 g/mol. The van der Waals surface area contributed by atoms with Gasteiger partial charge in [-0.2, -0.15) is 5.10 Å². The Labute approximate surface area is 176 Å². The monoisotopic (exact) mass is 426 g/mol. The number of benzene rings is 1. The number of anilines is 2. The number of fused-ring (bicyclic) bond motifs is 2. The molecule has 7 nitrogen and oxygen atoms in total. The van der Waals surface area contributed by atoms with Crippen molar-refractivity contribution in [2.75, 3.05) is 23.3 Å². The zero-order valence-electron chi connectivity index (χ0n) is 16.2. The van der Waals surface area contributed by atoms with E-state index < -0.39 is 5.82 Å². The average Bonchev–Trinajstić information content (AvgIpc) is 3.42. The molecule has 1 amide bonds. The van der Waals surface area contributed by atoms with Crippen LogP contribution in [0.5, 0.6) is 0 Å². The molecule has 0 unspecified atom stereocenters. The molecule has 4 aromatic rings. The molecule has 4 heterocycles. The molecule has 1 saturated heterocycles. The fourth-order valence-electron chi connectivity index (χ4n) is 3.49. The van der Waals surface area contributed by atoms with Gasteiger partial charge in [0.05, 0.1) is 22.9 Å². The Hall–Kier alpha value is -3.13. The standard InChI is InChI=1S/C18H14ClFN6O.C3H6/c19-15-14(10-2-3-13-23-12(21-9-27)8-26(13)7-10)11-6-22-24-17(11)18(16(15)20)25-4-1-5-25;1-2-3-1/h2-3,6-9H,1,4-5H2,(H,21,27)(H,22,24);1-3H2. The van der Waals surface area contributed by atoms with Gasteiger partial charge in [-0.25, -0.2) is 9.37 Å². The summed E-state index contributed by atoms with van der Waals surface area (Å²) < 4.78 is 16.9.